The molecule has 7 heteroatoms. The SMILES string of the molecule is O=C(O)CC1CCCN1S(=O)(=O)c1ccc(F)cc1. The van der Waals surface area contributed by atoms with E-state index in [1.807, 2.05) is 0 Å². The molecule has 1 N–H and O–H groups in total. The van der Waals surface area contributed by atoms with Gasteiger partial charge < -0.3 is 5.11 Å². The quantitative estimate of drug-likeness (QED) is 0.909. The van der Waals surface area contributed by atoms with Crippen molar-refractivity contribution >= 4 is 16.0 Å². The van der Waals surface area contributed by atoms with Crippen LogP contribution in [-0.2, 0) is 14.8 Å². The van der Waals surface area contributed by atoms with E-state index in [9.17, 15) is 17.6 Å². The smallest absolute Gasteiger partial charge is 0.304 e. The van der Waals surface area contributed by atoms with E-state index in [4.69, 9.17) is 5.11 Å². The largest absolute Gasteiger partial charge is 0.481 e. The lowest BCUT2D eigenvalue weighted by molar-refractivity contribution is -0.137. The first-order valence-electron chi connectivity index (χ1n) is 5.90. The molecule has 104 valence electrons. The number of benzene rings is 1. The van der Waals surface area contributed by atoms with E-state index in [-0.39, 0.29) is 11.3 Å². The standard InChI is InChI=1S/C12H14FNO4S/c13-9-3-5-11(6-4-9)19(17,18)14-7-1-2-10(14)8-12(15)16/h3-6,10H,1-2,7-8H2,(H,15,16). The number of carboxylic acids is 1. The third kappa shape index (κ3) is 2.93. The minimum atomic E-state index is -3.75. The van der Waals surface area contributed by atoms with Gasteiger partial charge >= 0.3 is 5.97 Å². The van der Waals surface area contributed by atoms with E-state index in [0.29, 0.717) is 19.4 Å². The monoisotopic (exact) mass is 287 g/mol. The topological polar surface area (TPSA) is 74.7 Å². The molecule has 1 saturated heterocycles. The van der Waals surface area contributed by atoms with Crippen LogP contribution in [0.15, 0.2) is 29.2 Å². The van der Waals surface area contributed by atoms with E-state index < -0.39 is 27.9 Å². The second-order valence-corrected chi connectivity index (χ2v) is 6.35. The average molecular weight is 287 g/mol. The molecule has 0 aromatic heterocycles. The summed E-state index contributed by atoms with van der Waals surface area (Å²) in [5.41, 5.74) is 0. The van der Waals surface area contributed by atoms with Crippen molar-refractivity contribution in [3.05, 3.63) is 30.1 Å². The van der Waals surface area contributed by atoms with Crippen molar-refractivity contribution in [2.45, 2.75) is 30.2 Å². The van der Waals surface area contributed by atoms with Crippen molar-refractivity contribution < 1.29 is 22.7 Å². The van der Waals surface area contributed by atoms with Gasteiger partial charge in [-0.25, -0.2) is 12.8 Å². The van der Waals surface area contributed by atoms with Gasteiger partial charge in [-0.15, -0.1) is 0 Å². The number of carboxylic acid groups (broad SMARTS) is 1. The maximum absolute atomic E-state index is 12.8. The number of rotatable bonds is 4. The van der Waals surface area contributed by atoms with Crippen LogP contribution in [0.2, 0.25) is 0 Å². The van der Waals surface area contributed by atoms with Crippen molar-refractivity contribution in [2.75, 3.05) is 6.54 Å². The molecule has 0 saturated carbocycles. The number of sulfonamides is 1. The molecule has 0 aliphatic carbocycles. The Kier molecular flexibility index (Phi) is 3.86. The summed E-state index contributed by atoms with van der Waals surface area (Å²) in [4.78, 5) is 10.7. The van der Waals surface area contributed by atoms with Gasteiger partial charge in [0.25, 0.3) is 0 Å². The fourth-order valence-corrected chi connectivity index (χ4v) is 3.97. The van der Waals surface area contributed by atoms with Crippen molar-refractivity contribution in [3.63, 3.8) is 0 Å². The second-order valence-electron chi connectivity index (χ2n) is 4.46. The number of carbonyl (C=O) groups is 1. The molecule has 1 aromatic carbocycles. The van der Waals surface area contributed by atoms with Gasteiger partial charge in [0.05, 0.1) is 11.3 Å². The average Bonchev–Trinajstić information content (AvgIpc) is 2.77. The molecule has 1 aliphatic rings. The lowest BCUT2D eigenvalue weighted by Crippen LogP contribution is -2.36. The molecule has 0 bridgehead atoms. The van der Waals surface area contributed by atoms with Crippen molar-refractivity contribution in [1.29, 1.82) is 0 Å². The van der Waals surface area contributed by atoms with E-state index in [1.165, 1.54) is 16.4 Å². The Morgan fingerprint density at radius 1 is 1.37 bits per heavy atom. The van der Waals surface area contributed by atoms with Crippen LogP contribution in [0.5, 0.6) is 0 Å². The van der Waals surface area contributed by atoms with Gasteiger partial charge in [-0.3, -0.25) is 4.79 Å². The van der Waals surface area contributed by atoms with E-state index in [0.717, 1.165) is 12.1 Å². The maximum atomic E-state index is 12.8. The molecular weight excluding hydrogens is 273 g/mol. The van der Waals surface area contributed by atoms with Crippen LogP contribution in [-0.4, -0.2) is 36.4 Å². The first kappa shape index (κ1) is 14.0. The summed E-state index contributed by atoms with van der Waals surface area (Å²) in [6.07, 6.45) is 0.964. The Morgan fingerprint density at radius 3 is 2.58 bits per heavy atom. The zero-order chi connectivity index (χ0) is 14.0. The number of aliphatic carboxylic acids is 1. The Hall–Kier alpha value is -1.47. The van der Waals surface area contributed by atoms with Gasteiger partial charge in [0, 0.05) is 12.6 Å². The van der Waals surface area contributed by atoms with Crippen molar-refractivity contribution in [1.82, 2.24) is 4.31 Å². The van der Waals surface area contributed by atoms with Crippen LogP contribution in [0.3, 0.4) is 0 Å². The zero-order valence-corrected chi connectivity index (χ0v) is 10.9. The highest BCUT2D eigenvalue weighted by Gasteiger charge is 2.36. The molecular formula is C12H14FNO4S. The zero-order valence-electron chi connectivity index (χ0n) is 10.1. The molecule has 2 rings (SSSR count). The summed E-state index contributed by atoms with van der Waals surface area (Å²) in [6, 6.07) is 4.03. The normalized spacial score (nSPS) is 20.6. The highest BCUT2D eigenvalue weighted by molar-refractivity contribution is 7.89. The maximum Gasteiger partial charge on any atom is 0.304 e. The minimum Gasteiger partial charge on any atom is -0.481 e. The number of hydrogen-bond acceptors (Lipinski definition) is 3. The van der Waals surface area contributed by atoms with Gasteiger partial charge in [-0.1, -0.05) is 0 Å². The van der Waals surface area contributed by atoms with Crippen LogP contribution >= 0.6 is 0 Å². The number of nitrogens with zero attached hydrogens (tertiary/aromatic N) is 1. The highest BCUT2D eigenvalue weighted by Crippen LogP contribution is 2.27. The second kappa shape index (κ2) is 5.26. The Labute approximate surface area is 110 Å². The van der Waals surface area contributed by atoms with Gasteiger partial charge in [0.2, 0.25) is 10.0 Å². The molecule has 1 aliphatic heterocycles. The van der Waals surface area contributed by atoms with Crippen LogP contribution < -0.4 is 0 Å². The summed E-state index contributed by atoms with van der Waals surface area (Å²) in [5.74, 6) is -1.53. The Morgan fingerprint density at radius 2 is 2.00 bits per heavy atom. The highest BCUT2D eigenvalue weighted by atomic mass is 32.2. The van der Waals surface area contributed by atoms with E-state index in [2.05, 4.69) is 0 Å². The summed E-state index contributed by atoms with van der Waals surface area (Å²) in [6.45, 7) is 0.303. The molecule has 0 amide bonds. The molecule has 1 fully saturated rings. The molecule has 1 aromatic rings. The number of halogens is 1. The molecule has 5 nitrogen and oxygen atoms in total. The summed E-state index contributed by atoms with van der Waals surface area (Å²) < 4.78 is 38.7. The van der Waals surface area contributed by atoms with Gasteiger partial charge in [0.1, 0.15) is 5.82 Å². The van der Waals surface area contributed by atoms with Crippen LogP contribution in [0.25, 0.3) is 0 Å². The Bertz CT molecular complexity index is 570. The summed E-state index contributed by atoms with van der Waals surface area (Å²) in [7, 11) is -3.75. The van der Waals surface area contributed by atoms with Crippen molar-refractivity contribution in [2.24, 2.45) is 0 Å². The first-order valence-corrected chi connectivity index (χ1v) is 7.34. The lowest BCUT2D eigenvalue weighted by atomic mass is 10.2. The fraction of sp³-hybridized carbons (Fsp3) is 0.417. The lowest BCUT2D eigenvalue weighted by Gasteiger charge is -2.22. The van der Waals surface area contributed by atoms with Crippen LogP contribution in [0.1, 0.15) is 19.3 Å². The van der Waals surface area contributed by atoms with Crippen LogP contribution in [0, 0.1) is 5.82 Å². The molecule has 1 atom stereocenters. The molecule has 1 unspecified atom stereocenters. The van der Waals surface area contributed by atoms with Gasteiger partial charge in [-0.05, 0) is 37.1 Å². The molecule has 0 spiro atoms. The third-order valence-corrected chi connectivity index (χ3v) is 5.12. The van der Waals surface area contributed by atoms with Gasteiger partial charge in [0.15, 0.2) is 0 Å². The molecule has 19 heavy (non-hydrogen) atoms. The number of hydrogen-bond donors (Lipinski definition) is 1. The molecule has 0 radical (unpaired) electrons. The first-order chi connectivity index (χ1) is 8.91. The summed E-state index contributed by atoms with van der Waals surface area (Å²) >= 11 is 0. The predicted molar refractivity (Wildman–Crippen MR) is 65.6 cm³/mol. The fourth-order valence-electron chi connectivity index (χ4n) is 2.27. The predicted octanol–water partition coefficient (Wildman–Crippen LogP) is 1.45. The third-order valence-electron chi connectivity index (χ3n) is 3.15. The van der Waals surface area contributed by atoms with Crippen molar-refractivity contribution in [3.8, 4) is 0 Å². The minimum absolute atomic E-state index is 0.00816. The van der Waals surface area contributed by atoms with Crippen LogP contribution in [0.4, 0.5) is 4.39 Å². The van der Waals surface area contributed by atoms with E-state index >= 15 is 0 Å². The van der Waals surface area contributed by atoms with Gasteiger partial charge in [-0.2, -0.15) is 4.31 Å². The van der Waals surface area contributed by atoms with E-state index in [1.54, 1.807) is 0 Å². The Balaban J connectivity index is 2.28. The molecule has 1 heterocycles. The summed E-state index contributed by atoms with van der Waals surface area (Å²) in [5, 5.41) is 8.79.